The van der Waals surface area contributed by atoms with Crippen molar-refractivity contribution in [3.63, 3.8) is 0 Å². The molecule has 3 rings (SSSR count). The van der Waals surface area contributed by atoms with Crippen molar-refractivity contribution in [2.75, 3.05) is 0 Å². The first-order chi connectivity index (χ1) is 10.3. The lowest BCUT2D eigenvalue weighted by molar-refractivity contribution is 0.620. The van der Waals surface area contributed by atoms with Crippen LogP contribution in [0.1, 0.15) is 38.1 Å². The van der Waals surface area contributed by atoms with Gasteiger partial charge in [0.15, 0.2) is 0 Å². The fourth-order valence-corrected chi connectivity index (χ4v) is 2.23. The minimum Gasteiger partial charge on any atom is -0.364 e. The van der Waals surface area contributed by atoms with E-state index in [-0.39, 0.29) is 6.17 Å². The van der Waals surface area contributed by atoms with Crippen molar-refractivity contribution in [1.82, 2.24) is 5.32 Å². The molecule has 0 saturated carbocycles. The third-order valence-electron chi connectivity index (χ3n) is 3.17. The SMILES string of the molecule is CC.CC1=CC(c2ccccc2)=NC(c2ccccc2)N1. The molecule has 1 N–H and O–H groups in total. The van der Waals surface area contributed by atoms with Crippen LogP contribution in [0, 0.1) is 0 Å². The van der Waals surface area contributed by atoms with Gasteiger partial charge < -0.3 is 5.32 Å². The first kappa shape index (κ1) is 15.0. The van der Waals surface area contributed by atoms with Crippen molar-refractivity contribution in [2.24, 2.45) is 4.99 Å². The van der Waals surface area contributed by atoms with Crippen molar-refractivity contribution >= 4 is 5.71 Å². The predicted octanol–water partition coefficient (Wildman–Crippen LogP) is 4.71. The summed E-state index contributed by atoms with van der Waals surface area (Å²) in [7, 11) is 0. The molecule has 0 fully saturated rings. The average Bonchev–Trinajstić information content (AvgIpc) is 2.58. The summed E-state index contributed by atoms with van der Waals surface area (Å²) >= 11 is 0. The van der Waals surface area contributed by atoms with Crippen LogP contribution < -0.4 is 5.32 Å². The molecule has 0 saturated heterocycles. The summed E-state index contributed by atoms with van der Waals surface area (Å²) in [4.78, 5) is 4.80. The molecule has 1 heterocycles. The van der Waals surface area contributed by atoms with Crippen LogP contribution in [0.25, 0.3) is 0 Å². The highest BCUT2D eigenvalue weighted by Gasteiger charge is 2.15. The number of nitrogens with zero attached hydrogens (tertiary/aromatic N) is 1. The summed E-state index contributed by atoms with van der Waals surface area (Å²) in [5.74, 6) is 0. The zero-order valence-electron chi connectivity index (χ0n) is 12.9. The van der Waals surface area contributed by atoms with Crippen LogP contribution in [-0.2, 0) is 0 Å². The number of hydrogen-bond acceptors (Lipinski definition) is 2. The van der Waals surface area contributed by atoms with E-state index in [1.54, 1.807) is 0 Å². The fraction of sp³-hybridized carbons (Fsp3) is 0.211. The van der Waals surface area contributed by atoms with Crippen LogP contribution in [0.15, 0.2) is 77.4 Å². The van der Waals surface area contributed by atoms with Crippen molar-refractivity contribution in [2.45, 2.75) is 26.9 Å². The molecule has 1 atom stereocenters. The van der Waals surface area contributed by atoms with E-state index in [9.17, 15) is 0 Å². The summed E-state index contributed by atoms with van der Waals surface area (Å²) in [6, 6.07) is 20.6. The van der Waals surface area contributed by atoms with E-state index in [0.29, 0.717) is 0 Å². The van der Waals surface area contributed by atoms with E-state index < -0.39 is 0 Å². The predicted molar refractivity (Wildman–Crippen MR) is 90.4 cm³/mol. The number of hydrogen-bond donors (Lipinski definition) is 1. The Morgan fingerprint density at radius 2 is 1.43 bits per heavy atom. The number of aliphatic imine (C=N–C) groups is 1. The van der Waals surface area contributed by atoms with Gasteiger partial charge in [-0.2, -0.15) is 0 Å². The van der Waals surface area contributed by atoms with Crippen molar-refractivity contribution in [3.05, 3.63) is 83.6 Å². The van der Waals surface area contributed by atoms with Gasteiger partial charge in [0.25, 0.3) is 0 Å². The fourth-order valence-electron chi connectivity index (χ4n) is 2.23. The van der Waals surface area contributed by atoms with Crippen molar-refractivity contribution in [3.8, 4) is 0 Å². The van der Waals surface area contributed by atoms with Crippen LogP contribution in [0.3, 0.4) is 0 Å². The molecule has 2 heteroatoms. The Hall–Kier alpha value is -2.35. The van der Waals surface area contributed by atoms with Gasteiger partial charge in [-0.15, -0.1) is 0 Å². The van der Waals surface area contributed by atoms with E-state index >= 15 is 0 Å². The highest BCUT2D eigenvalue weighted by atomic mass is 15.1. The smallest absolute Gasteiger partial charge is 0.145 e. The zero-order valence-corrected chi connectivity index (χ0v) is 12.9. The van der Waals surface area contributed by atoms with E-state index in [1.165, 1.54) is 5.56 Å². The molecule has 1 unspecified atom stereocenters. The van der Waals surface area contributed by atoms with Gasteiger partial charge >= 0.3 is 0 Å². The molecule has 0 amide bonds. The molecule has 0 aromatic heterocycles. The third kappa shape index (κ3) is 3.82. The lowest BCUT2D eigenvalue weighted by Crippen LogP contribution is -2.24. The van der Waals surface area contributed by atoms with E-state index in [2.05, 4.69) is 42.6 Å². The largest absolute Gasteiger partial charge is 0.364 e. The van der Waals surface area contributed by atoms with Crippen LogP contribution in [0.2, 0.25) is 0 Å². The Morgan fingerprint density at radius 1 is 0.857 bits per heavy atom. The van der Waals surface area contributed by atoms with Gasteiger partial charge in [-0.25, -0.2) is 0 Å². The second-order valence-corrected chi connectivity index (χ2v) is 4.67. The van der Waals surface area contributed by atoms with Gasteiger partial charge in [-0.1, -0.05) is 74.5 Å². The van der Waals surface area contributed by atoms with Crippen LogP contribution in [-0.4, -0.2) is 5.71 Å². The van der Waals surface area contributed by atoms with E-state index in [4.69, 9.17) is 4.99 Å². The standard InChI is InChI=1S/C17H16N2.C2H6/c1-13-12-16(14-8-4-2-5-9-14)19-17(18-13)15-10-6-3-7-11-15;1-2/h2-12,17-18H,1H3;1-2H3. The second-order valence-electron chi connectivity index (χ2n) is 4.67. The molecule has 2 nitrogen and oxygen atoms in total. The maximum absolute atomic E-state index is 4.80. The lowest BCUT2D eigenvalue weighted by Gasteiger charge is -2.22. The van der Waals surface area contributed by atoms with Crippen LogP contribution in [0.4, 0.5) is 0 Å². The maximum Gasteiger partial charge on any atom is 0.145 e. The maximum atomic E-state index is 4.80. The van der Waals surface area contributed by atoms with Gasteiger partial charge in [-0.05, 0) is 24.1 Å². The highest BCUT2D eigenvalue weighted by molar-refractivity contribution is 6.09. The molecular weight excluding hydrogens is 256 g/mol. The summed E-state index contributed by atoms with van der Waals surface area (Å²) in [5.41, 5.74) is 4.51. The minimum atomic E-state index is 0.00130. The normalized spacial score (nSPS) is 16.8. The minimum absolute atomic E-state index is 0.00130. The van der Waals surface area contributed by atoms with Crippen LogP contribution in [0.5, 0.6) is 0 Å². The lowest BCUT2D eigenvalue weighted by atomic mass is 10.1. The van der Waals surface area contributed by atoms with Gasteiger partial charge in [0.05, 0.1) is 5.71 Å². The Bertz CT molecular complexity index is 613. The topological polar surface area (TPSA) is 24.4 Å². The van der Waals surface area contributed by atoms with Crippen molar-refractivity contribution < 1.29 is 0 Å². The first-order valence-corrected chi connectivity index (χ1v) is 7.46. The highest BCUT2D eigenvalue weighted by Crippen LogP contribution is 2.21. The zero-order chi connectivity index (χ0) is 15.1. The summed E-state index contributed by atoms with van der Waals surface area (Å²) in [6.07, 6.45) is 2.09. The van der Waals surface area contributed by atoms with Crippen molar-refractivity contribution in [1.29, 1.82) is 0 Å². The third-order valence-corrected chi connectivity index (χ3v) is 3.17. The summed E-state index contributed by atoms with van der Waals surface area (Å²) in [5, 5.41) is 3.41. The molecule has 1 aliphatic rings. The van der Waals surface area contributed by atoms with E-state index in [0.717, 1.165) is 17.0 Å². The molecule has 0 spiro atoms. The molecule has 2 aromatic carbocycles. The molecule has 0 bridgehead atoms. The monoisotopic (exact) mass is 278 g/mol. The molecule has 1 aliphatic heterocycles. The Kier molecular flexibility index (Phi) is 5.33. The molecule has 108 valence electrons. The number of benzene rings is 2. The number of allylic oxidation sites excluding steroid dienone is 2. The number of nitrogens with one attached hydrogen (secondary N) is 1. The Balaban J connectivity index is 0.000000774. The van der Waals surface area contributed by atoms with E-state index in [1.807, 2.05) is 50.2 Å². The Morgan fingerprint density at radius 3 is 2.05 bits per heavy atom. The molecular formula is C19H22N2. The molecule has 0 aliphatic carbocycles. The molecule has 0 radical (unpaired) electrons. The summed E-state index contributed by atoms with van der Waals surface area (Å²) < 4.78 is 0. The van der Waals surface area contributed by atoms with Gasteiger partial charge in [0.2, 0.25) is 0 Å². The number of rotatable bonds is 2. The van der Waals surface area contributed by atoms with Gasteiger partial charge in [0.1, 0.15) is 6.17 Å². The van der Waals surface area contributed by atoms with Crippen LogP contribution >= 0.6 is 0 Å². The first-order valence-electron chi connectivity index (χ1n) is 7.46. The van der Waals surface area contributed by atoms with Gasteiger partial charge in [0, 0.05) is 5.70 Å². The molecule has 21 heavy (non-hydrogen) atoms. The Labute approximate surface area is 127 Å². The summed E-state index contributed by atoms with van der Waals surface area (Å²) in [6.45, 7) is 6.08. The van der Waals surface area contributed by atoms with Gasteiger partial charge in [-0.3, -0.25) is 4.99 Å². The quantitative estimate of drug-likeness (QED) is 0.845. The molecule has 2 aromatic rings. The average molecular weight is 278 g/mol. The second kappa shape index (κ2) is 7.44.